The lowest BCUT2D eigenvalue weighted by Crippen LogP contribution is -2.33. The average molecular weight is 844 g/mol. The van der Waals surface area contributed by atoms with Crippen molar-refractivity contribution >= 4 is 17.1 Å². The van der Waals surface area contributed by atoms with Gasteiger partial charge in [-0.15, -0.1) is 0 Å². The second-order valence-corrected chi connectivity index (χ2v) is 18.4. The van der Waals surface area contributed by atoms with Crippen molar-refractivity contribution in [1.29, 1.82) is 0 Å². The number of benzene rings is 10. The van der Waals surface area contributed by atoms with Crippen molar-refractivity contribution in [2.24, 2.45) is 0 Å². The van der Waals surface area contributed by atoms with Gasteiger partial charge in [0.25, 0.3) is 0 Å². The fourth-order valence-electron chi connectivity index (χ4n) is 11.5. The van der Waals surface area contributed by atoms with E-state index in [0.717, 1.165) is 56.4 Å². The van der Waals surface area contributed by atoms with Crippen LogP contribution in [0.5, 0.6) is 11.5 Å². The second-order valence-electron chi connectivity index (χ2n) is 18.4. The topological polar surface area (TPSA) is 12.5 Å². The fraction of sp³-hybridized carbons (Fsp3) is 0.0625. The van der Waals surface area contributed by atoms with Gasteiger partial charge in [0.1, 0.15) is 11.5 Å². The number of anilines is 3. The van der Waals surface area contributed by atoms with Crippen LogP contribution in [0.15, 0.2) is 237 Å². The van der Waals surface area contributed by atoms with Gasteiger partial charge in [0.05, 0.1) is 5.41 Å². The van der Waals surface area contributed by atoms with E-state index in [1.54, 1.807) is 0 Å². The normalized spacial score (nSPS) is 14.0. The highest BCUT2D eigenvalue weighted by atomic mass is 16.5. The molecule has 13 rings (SSSR count). The van der Waals surface area contributed by atoms with Crippen molar-refractivity contribution in [1.82, 2.24) is 0 Å². The van der Waals surface area contributed by atoms with Crippen molar-refractivity contribution in [2.45, 2.75) is 24.7 Å². The highest BCUT2D eigenvalue weighted by molar-refractivity contribution is 5.95. The lowest BCUT2D eigenvalue weighted by molar-refractivity contribution is 0.437. The molecule has 0 unspecified atom stereocenters. The number of para-hydroxylation sites is 1. The molecule has 66 heavy (non-hydrogen) atoms. The first kappa shape index (κ1) is 38.3. The SMILES string of the molecule is CC1(C)c2ccccc2-c2ccc(N(c3ccccc3)c3ccc(-c4cccc5c4C4(c6cc(-c7ccccc7)ccc6Oc6ccc(-c7ccccc7)cc64)c4ccccc4-5)cc3)cc21. The van der Waals surface area contributed by atoms with Gasteiger partial charge in [-0.25, -0.2) is 0 Å². The lowest BCUT2D eigenvalue weighted by Gasteiger charge is -2.41. The van der Waals surface area contributed by atoms with Crippen molar-refractivity contribution < 1.29 is 4.74 Å². The predicted octanol–water partition coefficient (Wildman–Crippen LogP) is 16.9. The highest BCUT2D eigenvalue weighted by Gasteiger charge is 2.52. The molecular weight excluding hydrogens is 799 g/mol. The van der Waals surface area contributed by atoms with Crippen LogP contribution in [0.1, 0.15) is 47.2 Å². The number of nitrogens with zero attached hydrogens (tertiary/aromatic N) is 1. The monoisotopic (exact) mass is 843 g/mol. The molecule has 0 amide bonds. The molecule has 2 nitrogen and oxygen atoms in total. The standard InChI is InChI=1S/C64H45NO/c1-63(2)55-27-14-12-23-51(55)53-36-35-49(41-57(53)63)65(47-21-10-5-11-22-47)48-33-29-44(30-34-48)50-25-16-26-54-52-24-13-15-28-56(52)64(62(50)54)58-39-45(42-17-6-3-7-18-42)31-37-60(58)66-61-38-32-46(40-59(61)64)43-19-8-4-9-20-43/h3-41H,1-2H3. The van der Waals surface area contributed by atoms with E-state index in [1.807, 2.05) is 0 Å². The summed E-state index contributed by atoms with van der Waals surface area (Å²) < 4.78 is 7.00. The molecule has 0 saturated heterocycles. The summed E-state index contributed by atoms with van der Waals surface area (Å²) in [7, 11) is 0. The summed E-state index contributed by atoms with van der Waals surface area (Å²) in [6, 6.07) is 86.8. The maximum atomic E-state index is 7.00. The van der Waals surface area contributed by atoms with Gasteiger partial charge in [0, 0.05) is 33.6 Å². The molecule has 0 bridgehead atoms. The van der Waals surface area contributed by atoms with Crippen molar-refractivity contribution in [3.8, 4) is 67.1 Å². The number of hydrogen-bond donors (Lipinski definition) is 0. The molecule has 0 saturated carbocycles. The van der Waals surface area contributed by atoms with Gasteiger partial charge in [-0.1, -0.05) is 190 Å². The average Bonchev–Trinajstić information content (AvgIpc) is 3.80. The van der Waals surface area contributed by atoms with Crippen LogP contribution in [-0.2, 0) is 10.8 Å². The Morgan fingerprint density at radius 1 is 0.303 bits per heavy atom. The van der Waals surface area contributed by atoms with Gasteiger partial charge < -0.3 is 9.64 Å². The molecule has 312 valence electrons. The first-order valence-corrected chi connectivity index (χ1v) is 23.0. The van der Waals surface area contributed by atoms with Crippen LogP contribution in [0.2, 0.25) is 0 Å². The lowest BCUT2D eigenvalue weighted by atomic mass is 9.64. The molecule has 10 aromatic rings. The van der Waals surface area contributed by atoms with Gasteiger partial charge in [-0.3, -0.25) is 0 Å². The Labute approximate surface area is 386 Å². The molecule has 0 fully saturated rings. The molecule has 1 heterocycles. The summed E-state index contributed by atoms with van der Waals surface area (Å²) in [5.74, 6) is 1.75. The maximum Gasteiger partial charge on any atom is 0.132 e. The number of rotatable bonds is 6. The van der Waals surface area contributed by atoms with Gasteiger partial charge in [-0.05, 0) is 139 Å². The Kier molecular flexibility index (Phi) is 8.51. The van der Waals surface area contributed by atoms with E-state index in [1.165, 1.54) is 61.2 Å². The van der Waals surface area contributed by atoms with E-state index in [-0.39, 0.29) is 5.41 Å². The van der Waals surface area contributed by atoms with Crippen LogP contribution in [0.3, 0.4) is 0 Å². The number of ether oxygens (including phenoxy) is 1. The minimum Gasteiger partial charge on any atom is -0.457 e. The molecule has 0 N–H and O–H groups in total. The van der Waals surface area contributed by atoms with Crippen LogP contribution < -0.4 is 9.64 Å². The van der Waals surface area contributed by atoms with Crippen LogP contribution >= 0.6 is 0 Å². The van der Waals surface area contributed by atoms with E-state index < -0.39 is 5.41 Å². The summed E-state index contributed by atoms with van der Waals surface area (Å²) in [4.78, 5) is 2.40. The van der Waals surface area contributed by atoms with Gasteiger partial charge >= 0.3 is 0 Å². The zero-order valence-electron chi connectivity index (χ0n) is 36.9. The van der Waals surface area contributed by atoms with Crippen molar-refractivity contribution in [2.75, 3.05) is 4.90 Å². The zero-order valence-corrected chi connectivity index (χ0v) is 36.9. The van der Waals surface area contributed by atoms with Crippen LogP contribution in [-0.4, -0.2) is 0 Å². The van der Waals surface area contributed by atoms with Crippen LogP contribution in [0.4, 0.5) is 17.1 Å². The summed E-state index contributed by atoms with van der Waals surface area (Å²) >= 11 is 0. The molecule has 0 aromatic heterocycles. The molecule has 1 aliphatic heterocycles. The van der Waals surface area contributed by atoms with Crippen LogP contribution in [0.25, 0.3) is 55.6 Å². The largest absolute Gasteiger partial charge is 0.457 e. The predicted molar refractivity (Wildman–Crippen MR) is 272 cm³/mol. The number of hydrogen-bond acceptors (Lipinski definition) is 2. The molecule has 0 atom stereocenters. The summed E-state index contributed by atoms with van der Waals surface area (Å²) in [6.07, 6.45) is 0. The third kappa shape index (κ3) is 5.61. The Morgan fingerprint density at radius 2 is 0.773 bits per heavy atom. The molecule has 0 radical (unpaired) electrons. The summed E-state index contributed by atoms with van der Waals surface area (Å²) in [5.41, 5.74) is 22.3. The summed E-state index contributed by atoms with van der Waals surface area (Å²) in [5, 5.41) is 0. The highest BCUT2D eigenvalue weighted by Crippen LogP contribution is 2.64. The molecule has 2 heteroatoms. The third-order valence-corrected chi connectivity index (χ3v) is 14.5. The van der Waals surface area contributed by atoms with E-state index in [2.05, 4.69) is 255 Å². The quantitative estimate of drug-likeness (QED) is 0.165. The Bertz CT molecular complexity index is 3430. The minimum absolute atomic E-state index is 0.111. The molecule has 1 spiro atoms. The van der Waals surface area contributed by atoms with E-state index in [9.17, 15) is 0 Å². The Morgan fingerprint density at radius 3 is 1.41 bits per heavy atom. The van der Waals surface area contributed by atoms with Crippen molar-refractivity contribution in [3.05, 3.63) is 270 Å². The maximum absolute atomic E-state index is 7.00. The molecule has 3 aliphatic rings. The summed E-state index contributed by atoms with van der Waals surface area (Å²) in [6.45, 7) is 4.71. The van der Waals surface area contributed by atoms with Crippen molar-refractivity contribution in [3.63, 3.8) is 0 Å². The van der Waals surface area contributed by atoms with Gasteiger partial charge in [0.2, 0.25) is 0 Å². The molecular formula is C64H45NO. The first-order valence-electron chi connectivity index (χ1n) is 23.0. The van der Waals surface area contributed by atoms with E-state index in [4.69, 9.17) is 4.74 Å². The van der Waals surface area contributed by atoms with E-state index in [0.29, 0.717) is 0 Å². The Hall–Kier alpha value is -8.20. The molecule has 2 aliphatic carbocycles. The minimum atomic E-state index is -0.690. The smallest absolute Gasteiger partial charge is 0.132 e. The van der Waals surface area contributed by atoms with E-state index >= 15 is 0 Å². The van der Waals surface area contributed by atoms with Crippen LogP contribution in [0, 0.1) is 0 Å². The Balaban J connectivity index is 1.02. The molecule has 10 aromatic carbocycles. The third-order valence-electron chi connectivity index (χ3n) is 14.5. The van der Waals surface area contributed by atoms with Gasteiger partial charge in [0.15, 0.2) is 0 Å². The number of fused-ring (bicyclic) bond motifs is 12. The fourth-order valence-corrected chi connectivity index (χ4v) is 11.5. The second kappa shape index (κ2) is 14.7. The zero-order chi connectivity index (χ0) is 44.0. The van der Waals surface area contributed by atoms with Gasteiger partial charge in [-0.2, -0.15) is 0 Å². The first-order chi connectivity index (χ1) is 32.5.